The summed E-state index contributed by atoms with van der Waals surface area (Å²) >= 11 is 1.16. The van der Waals surface area contributed by atoms with Gasteiger partial charge in [0.15, 0.2) is 5.13 Å². The van der Waals surface area contributed by atoms with Crippen LogP contribution in [0, 0.1) is 0 Å². The van der Waals surface area contributed by atoms with Crippen molar-refractivity contribution in [2.45, 2.75) is 32.1 Å². The smallest absolute Gasteiger partial charge is 0.311 e. The molecule has 1 saturated heterocycles. The van der Waals surface area contributed by atoms with Crippen LogP contribution in [-0.2, 0) is 26.2 Å². The van der Waals surface area contributed by atoms with Gasteiger partial charge in [-0.05, 0) is 12.8 Å². The summed E-state index contributed by atoms with van der Waals surface area (Å²) in [5.74, 6) is -0.401. The number of thiazole rings is 1. The van der Waals surface area contributed by atoms with Crippen molar-refractivity contribution in [2.24, 2.45) is 0 Å². The summed E-state index contributed by atoms with van der Waals surface area (Å²) in [5, 5.41) is 1.93. The van der Waals surface area contributed by atoms with Gasteiger partial charge in [0.1, 0.15) is 0 Å². The third kappa shape index (κ3) is 4.65. The number of carbonyl (C=O) groups excluding carboxylic acids is 1. The fraction of sp³-hybridized carbons (Fsp3) is 0.667. The van der Waals surface area contributed by atoms with Crippen LogP contribution in [0.5, 0.6) is 0 Å². The lowest BCUT2D eigenvalue weighted by atomic mass is 10.2. The Morgan fingerprint density at radius 1 is 1.38 bits per heavy atom. The summed E-state index contributed by atoms with van der Waals surface area (Å²) in [4.78, 5) is 15.3. The average Bonchev–Trinajstić information content (AvgIpc) is 2.70. The molecule has 0 radical (unpaired) electrons. The summed E-state index contributed by atoms with van der Waals surface area (Å²) < 4.78 is 33.1. The molecule has 0 aliphatic carbocycles. The van der Waals surface area contributed by atoms with E-state index >= 15 is 0 Å². The molecule has 0 amide bonds. The second-order valence-corrected chi connectivity index (χ2v) is 7.35. The van der Waals surface area contributed by atoms with E-state index in [0.29, 0.717) is 18.8 Å². The minimum Gasteiger partial charge on any atom is -0.469 e. The van der Waals surface area contributed by atoms with Crippen LogP contribution in [0.1, 0.15) is 31.4 Å². The normalized spacial score (nSPS) is 17.2. The van der Waals surface area contributed by atoms with Gasteiger partial charge in [0.2, 0.25) is 0 Å². The number of methoxy groups -OCH3 is 1. The maximum absolute atomic E-state index is 12.3. The largest absolute Gasteiger partial charge is 0.469 e. The first-order chi connectivity index (χ1) is 10.0. The van der Waals surface area contributed by atoms with E-state index in [4.69, 9.17) is 0 Å². The molecule has 118 valence electrons. The Morgan fingerprint density at radius 3 is 2.67 bits per heavy atom. The van der Waals surface area contributed by atoms with Crippen molar-refractivity contribution in [3.05, 3.63) is 11.1 Å². The Hall–Kier alpha value is -1.19. The number of carbonyl (C=O) groups is 1. The molecule has 1 aromatic heterocycles. The van der Waals surface area contributed by atoms with Gasteiger partial charge < -0.3 is 4.74 Å². The fourth-order valence-electron chi connectivity index (χ4n) is 2.11. The summed E-state index contributed by atoms with van der Waals surface area (Å²) in [6, 6.07) is 0. The van der Waals surface area contributed by atoms with E-state index in [2.05, 4.69) is 14.4 Å². The molecule has 0 saturated carbocycles. The number of esters is 1. The van der Waals surface area contributed by atoms with E-state index in [1.54, 1.807) is 5.38 Å². The number of hydrogen-bond donors (Lipinski definition) is 1. The Morgan fingerprint density at radius 2 is 2.05 bits per heavy atom. The number of aromatic nitrogens is 1. The van der Waals surface area contributed by atoms with E-state index in [9.17, 15) is 13.2 Å². The number of rotatable bonds is 5. The van der Waals surface area contributed by atoms with Crippen LogP contribution in [0.3, 0.4) is 0 Å². The van der Waals surface area contributed by atoms with Gasteiger partial charge >= 0.3 is 16.2 Å². The second-order valence-electron chi connectivity index (χ2n) is 4.82. The topological polar surface area (TPSA) is 88.6 Å². The van der Waals surface area contributed by atoms with Crippen LogP contribution in [0.2, 0.25) is 0 Å². The van der Waals surface area contributed by atoms with E-state index < -0.39 is 16.2 Å². The van der Waals surface area contributed by atoms with Crippen LogP contribution in [0.25, 0.3) is 0 Å². The molecule has 0 atom stereocenters. The molecule has 1 fully saturated rings. The molecular formula is C12H19N3O4S2. The van der Waals surface area contributed by atoms with Gasteiger partial charge in [-0.3, -0.25) is 4.79 Å². The molecule has 1 aromatic rings. The van der Waals surface area contributed by atoms with Gasteiger partial charge in [0.25, 0.3) is 0 Å². The van der Waals surface area contributed by atoms with Crippen molar-refractivity contribution >= 4 is 32.6 Å². The van der Waals surface area contributed by atoms with E-state index in [1.807, 2.05) is 0 Å². The molecule has 21 heavy (non-hydrogen) atoms. The van der Waals surface area contributed by atoms with Crippen LogP contribution < -0.4 is 4.72 Å². The van der Waals surface area contributed by atoms with Gasteiger partial charge in [-0.25, -0.2) is 9.71 Å². The van der Waals surface area contributed by atoms with E-state index in [1.165, 1.54) is 11.4 Å². The molecule has 2 heterocycles. The van der Waals surface area contributed by atoms with Gasteiger partial charge in [0, 0.05) is 18.5 Å². The standard InChI is InChI=1S/C12H19N3O4S2/c1-19-11(16)8-10-9-20-12(13-10)14-21(17,18)15-6-4-2-3-5-7-15/h9H,2-8H2,1H3,(H,13,14). The lowest BCUT2D eigenvalue weighted by Crippen LogP contribution is -2.36. The molecular weight excluding hydrogens is 314 g/mol. The molecule has 0 aromatic carbocycles. The van der Waals surface area contributed by atoms with Crippen molar-refractivity contribution < 1.29 is 17.9 Å². The monoisotopic (exact) mass is 333 g/mol. The lowest BCUT2D eigenvalue weighted by Gasteiger charge is -2.19. The van der Waals surface area contributed by atoms with Crippen LogP contribution in [0.4, 0.5) is 5.13 Å². The summed E-state index contributed by atoms with van der Waals surface area (Å²) in [6.45, 7) is 1.07. The number of hydrogen-bond acceptors (Lipinski definition) is 6. The Balaban J connectivity index is 2.01. The maximum Gasteiger partial charge on any atom is 0.311 e. The van der Waals surface area contributed by atoms with Crippen molar-refractivity contribution in [3.8, 4) is 0 Å². The molecule has 1 aliphatic heterocycles. The molecule has 2 rings (SSSR count). The predicted molar refractivity (Wildman–Crippen MR) is 80.4 cm³/mol. The quantitative estimate of drug-likeness (QED) is 0.823. The Kier molecular flexibility index (Phi) is 5.54. The maximum atomic E-state index is 12.3. The van der Waals surface area contributed by atoms with E-state index in [-0.39, 0.29) is 11.6 Å². The third-order valence-corrected chi connectivity index (χ3v) is 5.66. The third-order valence-electron chi connectivity index (χ3n) is 3.23. The number of nitrogens with zero attached hydrogens (tertiary/aromatic N) is 2. The number of ether oxygens (including phenoxy) is 1. The highest BCUT2D eigenvalue weighted by atomic mass is 32.2. The van der Waals surface area contributed by atoms with Gasteiger partial charge in [-0.15, -0.1) is 11.3 Å². The predicted octanol–water partition coefficient (Wildman–Crippen LogP) is 1.39. The highest BCUT2D eigenvalue weighted by Crippen LogP contribution is 2.20. The molecule has 0 bridgehead atoms. The Labute approximate surface area is 128 Å². The van der Waals surface area contributed by atoms with Crippen LogP contribution in [-0.4, -0.2) is 43.9 Å². The van der Waals surface area contributed by atoms with Gasteiger partial charge in [-0.1, -0.05) is 12.8 Å². The highest BCUT2D eigenvalue weighted by molar-refractivity contribution is 7.90. The van der Waals surface area contributed by atoms with Crippen molar-refractivity contribution in [1.29, 1.82) is 0 Å². The molecule has 1 aliphatic rings. The number of anilines is 1. The first-order valence-electron chi connectivity index (χ1n) is 6.80. The average molecular weight is 333 g/mol. The first kappa shape index (κ1) is 16.2. The van der Waals surface area contributed by atoms with Gasteiger partial charge in [0.05, 0.1) is 19.2 Å². The SMILES string of the molecule is COC(=O)Cc1csc(NS(=O)(=O)N2CCCCCC2)n1. The zero-order valence-corrected chi connectivity index (χ0v) is 13.5. The summed E-state index contributed by atoms with van der Waals surface area (Å²) in [5.41, 5.74) is 0.500. The molecule has 7 nitrogen and oxygen atoms in total. The second kappa shape index (κ2) is 7.19. The minimum absolute atomic E-state index is 0.0401. The zero-order chi connectivity index (χ0) is 15.3. The molecule has 0 spiro atoms. The van der Waals surface area contributed by atoms with Crippen molar-refractivity contribution in [1.82, 2.24) is 9.29 Å². The van der Waals surface area contributed by atoms with E-state index in [0.717, 1.165) is 37.0 Å². The zero-order valence-electron chi connectivity index (χ0n) is 11.9. The van der Waals surface area contributed by atoms with Crippen LogP contribution in [0.15, 0.2) is 5.38 Å². The minimum atomic E-state index is -3.57. The fourth-order valence-corrected chi connectivity index (χ4v) is 4.31. The van der Waals surface area contributed by atoms with Crippen molar-refractivity contribution in [3.63, 3.8) is 0 Å². The van der Waals surface area contributed by atoms with Crippen LogP contribution >= 0.6 is 11.3 Å². The lowest BCUT2D eigenvalue weighted by molar-refractivity contribution is -0.139. The van der Waals surface area contributed by atoms with Gasteiger partial charge in [-0.2, -0.15) is 12.7 Å². The molecule has 0 unspecified atom stereocenters. The summed E-state index contributed by atoms with van der Waals surface area (Å²) in [6.07, 6.45) is 3.93. The first-order valence-corrected chi connectivity index (χ1v) is 9.12. The molecule has 9 heteroatoms. The Bertz CT molecular complexity index is 577. The molecule has 1 N–H and O–H groups in total. The van der Waals surface area contributed by atoms with Crippen molar-refractivity contribution in [2.75, 3.05) is 24.9 Å². The number of nitrogens with one attached hydrogen (secondary N) is 1. The summed E-state index contributed by atoms with van der Waals surface area (Å²) in [7, 11) is -2.26. The highest BCUT2D eigenvalue weighted by Gasteiger charge is 2.24.